The van der Waals surface area contributed by atoms with E-state index in [1.165, 1.54) is 17.8 Å². The molecule has 0 spiro atoms. The van der Waals surface area contributed by atoms with Crippen molar-refractivity contribution in [2.24, 2.45) is 0 Å². The molecule has 198 valence electrons. The molecule has 0 unspecified atom stereocenters. The zero-order valence-corrected chi connectivity index (χ0v) is 22.9. The van der Waals surface area contributed by atoms with Crippen molar-refractivity contribution in [3.63, 3.8) is 0 Å². The summed E-state index contributed by atoms with van der Waals surface area (Å²) < 4.78 is 27.4. The first-order chi connectivity index (χ1) is 19.0. The standard InChI is InChI=1S/C30H26FN3O3S2/c1-36-16-8-15-33-29(35)27(39-30(33)38)18-23-19-34(24-11-3-2-4-12-24)32-28(23)21-10-7-13-25(17-21)37-20-22-9-5-6-14-26(22)31/h2-7,9-14,17-19H,8,15-16,20H2,1H3. The number of thiocarbonyl (C=S) groups is 1. The minimum atomic E-state index is -0.308. The number of nitrogens with zero attached hydrogens (tertiary/aromatic N) is 3. The molecule has 0 saturated carbocycles. The molecule has 5 rings (SSSR count). The highest BCUT2D eigenvalue weighted by Crippen LogP contribution is 2.35. The Labute approximate surface area is 236 Å². The van der Waals surface area contributed by atoms with Gasteiger partial charge in [-0.3, -0.25) is 9.69 Å². The van der Waals surface area contributed by atoms with Gasteiger partial charge in [-0.05, 0) is 42.8 Å². The third-order valence-corrected chi connectivity index (χ3v) is 7.49. The van der Waals surface area contributed by atoms with Crippen molar-refractivity contribution in [1.82, 2.24) is 14.7 Å². The lowest BCUT2D eigenvalue weighted by atomic mass is 10.1. The summed E-state index contributed by atoms with van der Waals surface area (Å²) in [4.78, 5) is 15.3. The Hall–Kier alpha value is -3.79. The number of ether oxygens (including phenoxy) is 2. The van der Waals surface area contributed by atoms with Crippen molar-refractivity contribution in [3.05, 3.63) is 107 Å². The van der Waals surface area contributed by atoms with Crippen LogP contribution in [-0.4, -0.2) is 45.2 Å². The highest BCUT2D eigenvalue weighted by Gasteiger charge is 2.32. The molecular weight excluding hydrogens is 533 g/mol. The van der Waals surface area contributed by atoms with Crippen LogP contribution in [-0.2, 0) is 16.1 Å². The van der Waals surface area contributed by atoms with Crippen molar-refractivity contribution in [3.8, 4) is 22.7 Å². The summed E-state index contributed by atoms with van der Waals surface area (Å²) in [5.41, 5.74) is 3.61. The third kappa shape index (κ3) is 6.27. The van der Waals surface area contributed by atoms with E-state index in [2.05, 4.69) is 0 Å². The van der Waals surface area contributed by atoms with Crippen LogP contribution in [0.15, 0.2) is 90.0 Å². The number of carbonyl (C=O) groups is 1. The first-order valence-electron chi connectivity index (χ1n) is 12.4. The number of hydrogen-bond donors (Lipinski definition) is 0. The second kappa shape index (κ2) is 12.4. The topological polar surface area (TPSA) is 56.6 Å². The van der Waals surface area contributed by atoms with Crippen molar-refractivity contribution in [2.45, 2.75) is 13.0 Å². The number of aromatic nitrogens is 2. The van der Waals surface area contributed by atoms with Gasteiger partial charge >= 0.3 is 0 Å². The van der Waals surface area contributed by atoms with E-state index in [9.17, 15) is 9.18 Å². The average molecular weight is 560 g/mol. The maximum Gasteiger partial charge on any atom is 0.266 e. The van der Waals surface area contributed by atoms with Gasteiger partial charge in [-0.25, -0.2) is 9.07 Å². The number of halogens is 1. The first kappa shape index (κ1) is 26.8. The molecule has 1 fully saturated rings. The van der Waals surface area contributed by atoms with Crippen LogP contribution in [0.4, 0.5) is 4.39 Å². The van der Waals surface area contributed by atoms with Crippen LogP contribution in [0.25, 0.3) is 23.0 Å². The Kier molecular flexibility index (Phi) is 8.51. The zero-order valence-electron chi connectivity index (χ0n) is 21.2. The lowest BCUT2D eigenvalue weighted by Gasteiger charge is -2.13. The molecule has 1 amide bonds. The molecule has 0 radical (unpaired) electrons. The normalized spacial score (nSPS) is 14.4. The quantitative estimate of drug-likeness (QED) is 0.126. The smallest absolute Gasteiger partial charge is 0.266 e. The Bertz CT molecular complexity index is 1520. The third-order valence-electron chi connectivity index (χ3n) is 6.11. The van der Waals surface area contributed by atoms with Gasteiger partial charge in [0.25, 0.3) is 5.91 Å². The van der Waals surface area contributed by atoms with E-state index in [1.807, 2.05) is 66.9 Å². The zero-order chi connectivity index (χ0) is 27.2. The van der Waals surface area contributed by atoms with Gasteiger partial charge in [0, 0.05) is 43.1 Å². The number of thioether (sulfide) groups is 1. The molecule has 3 aromatic carbocycles. The Balaban J connectivity index is 1.47. The van der Waals surface area contributed by atoms with E-state index in [1.54, 1.807) is 34.9 Å². The number of benzene rings is 3. The molecule has 9 heteroatoms. The monoisotopic (exact) mass is 559 g/mol. The van der Waals surface area contributed by atoms with Crippen LogP contribution in [0.2, 0.25) is 0 Å². The fraction of sp³-hybridized carbons (Fsp3) is 0.167. The predicted octanol–water partition coefficient (Wildman–Crippen LogP) is 6.50. The fourth-order valence-corrected chi connectivity index (χ4v) is 5.44. The minimum absolute atomic E-state index is 0.104. The molecule has 6 nitrogen and oxygen atoms in total. The second-order valence-electron chi connectivity index (χ2n) is 8.80. The summed E-state index contributed by atoms with van der Waals surface area (Å²) in [7, 11) is 1.64. The van der Waals surface area contributed by atoms with E-state index in [0.29, 0.717) is 45.8 Å². The molecule has 0 bridgehead atoms. The number of amides is 1. The molecule has 0 atom stereocenters. The number of rotatable bonds is 10. The van der Waals surface area contributed by atoms with Crippen molar-refractivity contribution < 1.29 is 18.7 Å². The molecule has 39 heavy (non-hydrogen) atoms. The fourth-order valence-electron chi connectivity index (χ4n) is 4.14. The maximum atomic E-state index is 14.1. The average Bonchev–Trinajstić information content (AvgIpc) is 3.49. The van der Waals surface area contributed by atoms with Crippen molar-refractivity contribution >= 4 is 40.3 Å². The van der Waals surface area contributed by atoms with Crippen LogP contribution in [0.3, 0.4) is 0 Å². The molecule has 1 aliphatic heterocycles. The van der Waals surface area contributed by atoms with E-state index in [0.717, 1.165) is 16.8 Å². The molecule has 1 saturated heterocycles. The summed E-state index contributed by atoms with van der Waals surface area (Å²) in [5.74, 6) is 0.152. The largest absolute Gasteiger partial charge is 0.489 e. The van der Waals surface area contributed by atoms with Crippen LogP contribution >= 0.6 is 24.0 Å². The number of carbonyl (C=O) groups excluding carboxylic acids is 1. The van der Waals surface area contributed by atoms with E-state index in [-0.39, 0.29) is 18.3 Å². The molecule has 0 aliphatic carbocycles. The van der Waals surface area contributed by atoms with Gasteiger partial charge in [0.2, 0.25) is 0 Å². The second-order valence-corrected chi connectivity index (χ2v) is 10.5. The molecule has 4 aromatic rings. The van der Waals surface area contributed by atoms with Gasteiger partial charge in [-0.15, -0.1) is 0 Å². The van der Waals surface area contributed by atoms with Gasteiger partial charge in [0.1, 0.15) is 28.2 Å². The maximum absolute atomic E-state index is 14.1. The highest BCUT2D eigenvalue weighted by molar-refractivity contribution is 8.26. The number of para-hydroxylation sites is 1. The van der Waals surface area contributed by atoms with Crippen LogP contribution < -0.4 is 4.74 Å². The van der Waals surface area contributed by atoms with Crippen LogP contribution in [0.1, 0.15) is 17.5 Å². The van der Waals surface area contributed by atoms with Crippen molar-refractivity contribution in [2.75, 3.05) is 20.3 Å². The van der Waals surface area contributed by atoms with Crippen LogP contribution in [0, 0.1) is 5.82 Å². The summed E-state index contributed by atoms with van der Waals surface area (Å²) in [6.45, 7) is 1.17. The van der Waals surface area contributed by atoms with E-state index >= 15 is 0 Å². The Morgan fingerprint density at radius 3 is 2.64 bits per heavy atom. The van der Waals surface area contributed by atoms with E-state index in [4.69, 9.17) is 26.8 Å². The summed E-state index contributed by atoms with van der Waals surface area (Å²) in [6.07, 6.45) is 4.44. The van der Waals surface area contributed by atoms with Gasteiger partial charge in [0.15, 0.2) is 0 Å². The molecule has 0 N–H and O–H groups in total. The molecular formula is C30H26FN3O3S2. The van der Waals surface area contributed by atoms with Crippen LogP contribution in [0.5, 0.6) is 5.75 Å². The Morgan fingerprint density at radius 1 is 1.05 bits per heavy atom. The SMILES string of the molecule is COCCCN1C(=O)C(=Cc2cn(-c3ccccc3)nc2-c2cccc(OCc3ccccc3F)c2)SC1=S. The van der Waals surface area contributed by atoms with Gasteiger partial charge in [-0.2, -0.15) is 5.10 Å². The summed E-state index contributed by atoms with van der Waals surface area (Å²) in [6, 6.07) is 23.8. The van der Waals surface area contributed by atoms with Gasteiger partial charge in [0.05, 0.1) is 10.6 Å². The first-order valence-corrected chi connectivity index (χ1v) is 13.6. The van der Waals surface area contributed by atoms with Gasteiger partial charge in [-0.1, -0.05) is 72.5 Å². The lowest BCUT2D eigenvalue weighted by molar-refractivity contribution is -0.122. The predicted molar refractivity (Wildman–Crippen MR) is 156 cm³/mol. The summed E-state index contributed by atoms with van der Waals surface area (Å²) >= 11 is 6.77. The number of hydrogen-bond acceptors (Lipinski definition) is 6. The summed E-state index contributed by atoms with van der Waals surface area (Å²) in [5, 5.41) is 4.86. The highest BCUT2D eigenvalue weighted by atomic mass is 32.2. The van der Waals surface area contributed by atoms with Crippen molar-refractivity contribution in [1.29, 1.82) is 0 Å². The molecule has 1 aliphatic rings. The molecule has 2 heterocycles. The lowest BCUT2D eigenvalue weighted by Crippen LogP contribution is -2.29. The molecule has 1 aromatic heterocycles. The number of methoxy groups -OCH3 is 1. The van der Waals surface area contributed by atoms with E-state index < -0.39 is 0 Å². The Morgan fingerprint density at radius 2 is 1.85 bits per heavy atom. The van der Waals surface area contributed by atoms with Gasteiger partial charge < -0.3 is 9.47 Å². The minimum Gasteiger partial charge on any atom is -0.489 e.